The van der Waals surface area contributed by atoms with Gasteiger partial charge in [-0.15, -0.1) is 0 Å². The number of rotatable bonds is 7. The summed E-state index contributed by atoms with van der Waals surface area (Å²) >= 11 is 12.0. The Morgan fingerprint density at radius 1 is 0.914 bits per heavy atom. The predicted octanol–water partition coefficient (Wildman–Crippen LogP) is 6.28. The number of carbonyl (C=O) groups excluding carboxylic acids is 2. The molecule has 4 aromatic rings. The summed E-state index contributed by atoms with van der Waals surface area (Å²) in [6.07, 6.45) is 0.628. The molecular weight excluding hydrogens is 487 g/mol. The van der Waals surface area contributed by atoms with Crippen molar-refractivity contribution in [2.75, 3.05) is 0 Å². The minimum atomic E-state index is -0.807. The van der Waals surface area contributed by atoms with Crippen LogP contribution in [-0.2, 0) is 4.79 Å². The van der Waals surface area contributed by atoms with Crippen LogP contribution < -0.4 is 14.9 Å². The highest BCUT2D eigenvalue weighted by molar-refractivity contribution is 6.33. The van der Waals surface area contributed by atoms with Crippen LogP contribution in [0, 0.1) is 0 Å². The Balaban J connectivity index is 1.54. The van der Waals surface area contributed by atoms with E-state index in [4.69, 9.17) is 32.7 Å². The molecule has 0 bridgehead atoms. The van der Waals surface area contributed by atoms with Crippen LogP contribution in [0.4, 0.5) is 0 Å². The van der Waals surface area contributed by atoms with E-state index in [0.717, 1.165) is 10.8 Å². The van der Waals surface area contributed by atoms with Gasteiger partial charge in [0, 0.05) is 10.6 Å². The maximum Gasteiger partial charge on any atom is 0.345 e. The Hall–Kier alpha value is -3.87. The molecular formula is C27H20Cl2N2O4. The summed E-state index contributed by atoms with van der Waals surface area (Å²) in [7, 11) is 0. The third kappa shape index (κ3) is 5.98. The largest absolute Gasteiger partial charge is 0.481 e. The van der Waals surface area contributed by atoms with Gasteiger partial charge in [0.2, 0.25) is 0 Å². The van der Waals surface area contributed by atoms with Gasteiger partial charge in [-0.1, -0.05) is 65.7 Å². The van der Waals surface area contributed by atoms with Crippen molar-refractivity contribution in [2.45, 2.75) is 13.0 Å². The first kappa shape index (κ1) is 24.3. The third-order valence-corrected chi connectivity index (χ3v) is 5.67. The number of hydrogen-bond donors (Lipinski definition) is 1. The highest BCUT2D eigenvalue weighted by Crippen LogP contribution is 2.28. The molecule has 1 unspecified atom stereocenters. The summed E-state index contributed by atoms with van der Waals surface area (Å²) in [5.41, 5.74) is 3.23. The molecule has 0 aliphatic carbocycles. The molecule has 0 radical (unpaired) electrons. The first-order valence-electron chi connectivity index (χ1n) is 10.7. The van der Waals surface area contributed by atoms with Gasteiger partial charge in [0.25, 0.3) is 5.91 Å². The van der Waals surface area contributed by atoms with Crippen LogP contribution in [0.1, 0.15) is 22.8 Å². The standard InChI is InChI=1S/C27H20Cl2N2O4/c1-17(34-20-13-11-19(28)12-14-20)26(32)31-30-16-23-21-7-3-2-6-18(21)10-15-25(23)35-27(33)22-8-4-5-9-24(22)29/h2-17H,1H3,(H,31,32)/b30-16+. The molecule has 0 aliphatic heterocycles. The van der Waals surface area contributed by atoms with Crippen molar-refractivity contribution >= 4 is 52.1 Å². The number of ether oxygens (including phenoxy) is 2. The number of carbonyl (C=O) groups is 2. The second kappa shape index (κ2) is 11.0. The lowest BCUT2D eigenvalue weighted by Gasteiger charge is -2.13. The number of esters is 1. The summed E-state index contributed by atoms with van der Waals surface area (Å²) in [4.78, 5) is 25.2. The Morgan fingerprint density at radius 3 is 2.40 bits per heavy atom. The molecule has 6 nitrogen and oxygen atoms in total. The van der Waals surface area contributed by atoms with Gasteiger partial charge in [0.05, 0.1) is 16.8 Å². The molecule has 0 heterocycles. The fraction of sp³-hybridized carbons (Fsp3) is 0.0741. The number of hydrazone groups is 1. The van der Waals surface area contributed by atoms with Gasteiger partial charge >= 0.3 is 5.97 Å². The number of halogens is 2. The highest BCUT2D eigenvalue weighted by Gasteiger charge is 2.17. The van der Waals surface area contributed by atoms with E-state index in [1.165, 1.54) is 6.21 Å². The molecule has 1 atom stereocenters. The van der Waals surface area contributed by atoms with E-state index in [0.29, 0.717) is 16.3 Å². The average Bonchev–Trinajstić information content (AvgIpc) is 2.86. The number of nitrogens with zero attached hydrogens (tertiary/aromatic N) is 1. The Labute approximate surface area is 212 Å². The summed E-state index contributed by atoms with van der Waals surface area (Å²) in [6, 6.07) is 24.4. The minimum Gasteiger partial charge on any atom is -0.481 e. The first-order valence-corrected chi connectivity index (χ1v) is 11.4. The normalized spacial score (nSPS) is 11.9. The molecule has 0 aromatic heterocycles. The van der Waals surface area contributed by atoms with Gasteiger partial charge in [0.1, 0.15) is 11.5 Å². The van der Waals surface area contributed by atoms with Crippen LogP contribution in [-0.4, -0.2) is 24.2 Å². The number of hydrogen-bond acceptors (Lipinski definition) is 5. The molecule has 0 aliphatic rings. The van der Waals surface area contributed by atoms with Crippen LogP contribution >= 0.6 is 23.2 Å². The molecule has 8 heteroatoms. The summed E-state index contributed by atoms with van der Waals surface area (Å²) in [5.74, 6) is -0.276. The molecule has 4 rings (SSSR count). The summed E-state index contributed by atoms with van der Waals surface area (Å²) in [6.45, 7) is 1.61. The fourth-order valence-electron chi connectivity index (χ4n) is 3.30. The number of amides is 1. The highest BCUT2D eigenvalue weighted by atomic mass is 35.5. The Morgan fingerprint density at radius 2 is 1.63 bits per heavy atom. The van der Waals surface area contributed by atoms with Crippen molar-refractivity contribution in [3.05, 3.63) is 106 Å². The van der Waals surface area contributed by atoms with E-state index in [1.807, 2.05) is 30.3 Å². The molecule has 1 amide bonds. The van der Waals surface area contributed by atoms with Gasteiger partial charge in [-0.3, -0.25) is 4.79 Å². The number of benzene rings is 4. The number of nitrogens with one attached hydrogen (secondary N) is 1. The lowest BCUT2D eigenvalue weighted by Crippen LogP contribution is -2.33. The van der Waals surface area contributed by atoms with Crippen molar-refractivity contribution in [3.8, 4) is 11.5 Å². The van der Waals surface area contributed by atoms with E-state index >= 15 is 0 Å². The van der Waals surface area contributed by atoms with Gasteiger partial charge in [-0.05, 0) is 60.2 Å². The van der Waals surface area contributed by atoms with E-state index in [-0.39, 0.29) is 16.3 Å². The quantitative estimate of drug-likeness (QED) is 0.138. The zero-order valence-electron chi connectivity index (χ0n) is 18.6. The maximum absolute atomic E-state index is 12.7. The molecule has 35 heavy (non-hydrogen) atoms. The topological polar surface area (TPSA) is 77.0 Å². The van der Waals surface area contributed by atoms with Crippen LogP contribution in [0.5, 0.6) is 11.5 Å². The van der Waals surface area contributed by atoms with Crippen molar-refractivity contribution in [3.63, 3.8) is 0 Å². The maximum atomic E-state index is 12.7. The van der Waals surface area contributed by atoms with Crippen LogP contribution in [0.2, 0.25) is 10.0 Å². The molecule has 0 saturated carbocycles. The zero-order chi connectivity index (χ0) is 24.8. The molecule has 0 fully saturated rings. The monoisotopic (exact) mass is 506 g/mol. The van der Waals surface area contributed by atoms with Crippen LogP contribution in [0.3, 0.4) is 0 Å². The minimum absolute atomic E-state index is 0.242. The molecule has 176 valence electrons. The third-order valence-electron chi connectivity index (χ3n) is 5.09. The SMILES string of the molecule is CC(Oc1ccc(Cl)cc1)C(=O)N/N=C/c1c(OC(=O)c2ccccc2Cl)ccc2ccccc12. The second-order valence-corrected chi connectivity index (χ2v) is 8.36. The van der Waals surface area contributed by atoms with E-state index < -0.39 is 18.0 Å². The number of fused-ring (bicyclic) bond motifs is 1. The summed E-state index contributed by atoms with van der Waals surface area (Å²) in [5, 5.41) is 6.65. The van der Waals surface area contributed by atoms with Gasteiger partial charge in [0.15, 0.2) is 6.10 Å². The van der Waals surface area contributed by atoms with E-state index in [2.05, 4.69) is 10.5 Å². The zero-order valence-corrected chi connectivity index (χ0v) is 20.1. The second-order valence-electron chi connectivity index (χ2n) is 7.52. The smallest absolute Gasteiger partial charge is 0.345 e. The molecule has 0 spiro atoms. The van der Waals surface area contributed by atoms with Gasteiger partial charge < -0.3 is 9.47 Å². The molecule has 4 aromatic carbocycles. The lowest BCUT2D eigenvalue weighted by molar-refractivity contribution is -0.127. The van der Waals surface area contributed by atoms with Crippen molar-refractivity contribution in [1.82, 2.24) is 5.43 Å². The summed E-state index contributed by atoms with van der Waals surface area (Å²) < 4.78 is 11.3. The van der Waals surface area contributed by atoms with Gasteiger partial charge in [-0.25, -0.2) is 10.2 Å². The molecule has 1 N–H and O–H groups in total. The molecule has 0 saturated heterocycles. The van der Waals surface area contributed by atoms with Crippen molar-refractivity contribution in [2.24, 2.45) is 5.10 Å². The van der Waals surface area contributed by atoms with Crippen molar-refractivity contribution in [1.29, 1.82) is 0 Å². The van der Waals surface area contributed by atoms with Crippen molar-refractivity contribution < 1.29 is 19.1 Å². The van der Waals surface area contributed by atoms with E-state index in [9.17, 15) is 9.59 Å². The Kier molecular flexibility index (Phi) is 7.65. The van der Waals surface area contributed by atoms with E-state index in [1.54, 1.807) is 61.5 Å². The van der Waals surface area contributed by atoms with Crippen LogP contribution in [0.15, 0.2) is 90.0 Å². The van der Waals surface area contributed by atoms with Crippen LogP contribution in [0.25, 0.3) is 10.8 Å². The lowest BCUT2D eigenvalue weighted by atomic mass is 10.0. The van der Waals surface area contributed by atoms with Gasteiger partial charge in [-0.2, -0.15) is 5.10 Å². The predicted molar refractivity (Wildman–Crippen MR) is 138 cm³/mol. The fourth-order valence-corrected chi connectivity index (χ4v) is 3.64. The average molecular weight is 507 g/mol. The Bertz CT molecular complexity index is 1400. The first-order chi connectivity index (χ1) is 16.9.